The number of nitrogens with zero attached hydrogens (tertiary/aromatic N) is 1. The molecular weight excluding hydrogens is 212 g/mol. The van der Waals surface area contributed by atoms with E-state index in [0.29, 0.717) is 0 Å². The van der Waals surface area contributed by atoms with Crippen molar-refractivity contribution in [3.05, 3.63) is 24.2 Å². The number of rotatable bonds is 6. The van der Waals surface area contributed by atoms with Gasteiger partial charge in [-0.15, -0.1) is 0 Å². The van der Waals surface area contributed by atoms with Crippen molar-refractivity contribution < 1.29 is 4.42 Å². The number of nitrogens with one attached hydrogen (secondary N) is 1. The molecular formula is C14H24N2O. The third kappa shape index (κ3) is 4.17. The number of piperidine rings is 1. The third-order valence-corrected chi connectivity index (χ3v) is 3.50. The summed E-state index contributed by atoms with van der Waals surface area (Å²) in [6, 6.07) is 2.07. The molecule has 1 aromatic rings. The van der Waals surface area contributed by atoms with Gasteiger partial charge in [-0.05, 0) is 50.9 Å². The molecule has 0 amide bonds. The molecule has 0 aliphatic carbocycles. The number of furan rings is 1. The van der Waals surface area contributed by atoms with Crippen LogP contribution in [0.4, 0.5) is 0 Å². The van der Waals surface area contributed by atoms with E-state index in [1.807, 2.05) is 6.26 Å². The van der Waals surface area contributed by atoms with Gasteiger partial charge in [0.2, 0.25) is 0 Å². The van der Waals surface area contributed by atoms with Crippen LogP contribution < -0.4 is 5.32 Å². The Morgan fingerprint density at radius 1 is 1.41 bits per heavy atom. The molecule has 3 nitrogen and oxygen atoms in total. The van der Waals surface area contributed by atoms with Crippen LogP contribution in [0.1, 0.15) is 31.7 Å². The summed E-state index contributed by atoms with van der Waals surface area (Å²) in [6.07, 6.45) is 7.51. The van der Waals surface area contributed by atoms with Crippen LogP contribution in [0, 0.1) is 5.92 Å². The molecule has 0 bridgehead atoms. The Labute approximate surface area is 104 Å². The molecule has 3 heteroatoms. The van der Waals surface area contributed by atoms with Crippen LogP contribution in [0.5, 0.6) is 0 Å². The quantitative estimate of drug-likeness (QED) is 0.822. The molecule has 2 rings (SSSR count). The van der Waals surface area contributed by atoms with Crippen LogP contribution in [0.3, 0.4) is 0 Å². The number of hydrogen-bond acceptors (Lipinski definition) is 3. The lowest BCUT2D eigenvalue weighted by Crippen LogP contribution is -2.36. The molecule has 0 aromatic carbocycles. The lowest BCUT2D eigenvalue weighted by molar-refractivity contribution is 0.198. The minimum absolute atomic E-state index is 0.870. The van der Waals surface area contributed by atoms with Gasteiger partial charge < -0.3 is 9.73 Å². The molecule has 0 atom stereocenters. The van der Waals surface area contributed by atoms with Gasteiger partial charge in [0.25, 0.3) is 0 Å². The fraction of sp³-hybridized carbons (Fsp3) is 0.714. The molecule has 0 saturated carbocycles. The van der Waals surface area contributed by atoms with Gasteiger partial charge >= 0.3 is 0 Å². The zero-order valence-corrected chi connectivity index (χ0v) is 10.8. The highest BCUT2D eigenvalue weighted by atomic mass is 16.3. The second kappa shape index (κ2) is 6.82. The van der Waals surface area contributed by atoms with Crippen molar-refractivity contribution >= 4 is 0 Å². The van der Waals surface area contributed by atoms with Crippen molar-refractivity contribution in [2.75, 3.05) is 26.2 Å². The first-order valence-corrected chi connectivity index (χ1v) is 6.82. The van der Waals surface area contributed by atoms with Crippen LogP contribution in [0.2, 0.25) is 0 Å². The zero-order valence-electron chi connectivity index (χ0n) is 10.8. The molecule has 1 fully saturated rings. The van der Waals surface area contributed by atoms with Gasteiger partial charge in [0, 0.05) is 18.7 Å². The summed E-state index contributed by atoms with van der Waals surface area (Å²) < 4.78 is 5.15. The highest BCUT2D eigenvalue weighted by molar-refractivity contribution is 5.04. The third-order valence-electron chi connectivity index (χ3n) is 3.50. The van der Waals surface area contributed by atoms with Crippen molar-refractivity contribution in [2.45, 2.75) is 32.7 Å². The molecule has 17 heavy (non-hydrogen) atoms. The minimum atomic E-state index is 0.870. The van der Waals surface area contributed by atoms with Crippen LogP contribution in [0.15, 0.2) is 23.0 Å². The first kappa shape index (κ1) is 12.7. The summed E-state index contributed by atoms with van der Waals surface area (Å²) in [5.74, 6) is 0.870. The van der Waals surface area contributed by atoms with Crippen molar-refractivity contribution in [1.82, 2.24) is 10.2 Å². The van der Waals surface area contributed by atoms with E-state index in [4.69, 9.17) is 4.42 Å². The molecule has 0 radical (unpaired) electrons. The highest BCUT2D eigenvalue weighted by Crippen LogP contribution is 2.15. The maximum absolute atomic E-state index is 5.15. The van der Waals surface area contributed by atoms with Crippen LogP contribution >= 0.6 is 0 Å². The van der Waals surface area contributed by atoms with Gasteiger partial charge in [-0.3, -0.25) is 4.90 Å². The molecule has 1 aliphatic heterocycles. The summed E-state index contributed by atoms with van der Waals surface area (Å²) in [5.41, 5.74) is 1.30. The monoisotopic (exact) mass is 236 g/mol. The van der Waals surface area contributed by atoms with Crippen LogP contribution in [-0.2, 0) is 6.54 Å². The maximum atomic E-state index is 5.15. The molecule has 96 valence electrons. The van der Waals surface area contributed by atoms with E-state index in [1.54, 1.807) is 6.26 Å². The second-order valence-electron chi connectivity index (χ2n) is 5.06. The molecule has 1 aliphatic rings. The lowest BCUT2D eigenvalue weighted by Gasteiger charge is -2.29. The van der Waals surface area contributed by atoms with E-state index in [-0.39, 0.29) is 0 Å². The molecule has 0 spiro atoms. The van der Waals surface area contributed by atoms with E-state index in [2.05, 4.69) is 23.2 Å². The Bertz CT molecular complexity index is 291. The van der Waals surface area contributed by atoms with E-state index in [0.717, 1.165) is 12.5 Å². The predicted octanol–water partition coefficient (Wildman–Crippen LogP) is 2.49. The van der Waals surface area contributed by atoms with Crippen LogP contribution in [-0.4, -0.2) is 31.1 Å². The Balaban J connectivity index is 1.83. The van der Waals surface area contributed by atoms with Crippen molar-refractivity contribution in [3.8, 4) is 0 Å². The zero-order chi connectivity index (χ0) is 11.9. The molecule has 1 saturated heterocycles. The van der Waals surface area contributed by atoms with E-state index in [1.165, 1.54) is 51.0 Å². The summed E-state index contributed by atoms with van der Waals surface area (Å²) in [4.78, 5) is 2.57. The summed E-state index contributed by atoms with van der Waals surface area (Å²) in [5, 5.41) is 3.43. The van der Waals surface area contributed by atoms with Gasteiger partial charge in [-0.1, -0.05) is 6.92 Å². The second-order valence-corrected chi connectivity index (χ2v) is 5.06. The topological polar surface area (TPSA) is 28.4 Å². The molecule has 1 N–H and O–H groups in total. The van der Waals surface area contributed by atoms with Gasteiger partial charge in [0.1, 0.15) is 0 Å². The van der Waals surface area contributed by atoms with Crippen LogP contribution in [0.25, 0.3) is 0 Å². The standard InChI is InChI=1S/C14H24N2O/c1-2-8-16(11-14-5-9-17-12-14)10-13-3-6-15-7-4-13/h5,9,12-13,15H,2-4,6-8,10-11H2,1H3. The minimum Gasteiger partial charge on any atom is -0.472 e. The summed E-state index contributed by atoms with van der Waals surface area (Å²) >= 11 is 0. The van der Waals surface area contributed by atoms with Gasteiger partial charge in [0.15, 0.2) is 0 Å². The SMILES string of the molecule is CCCN(Cc1ccoc1)CC1CCNCC1. The first-order chi connectivity index (χ1) is 8.38. The molecule has 0 unspecified atom stereocenters. The summed E-state index contributed by atoms with van der Waals surface area (Å²) in [6.45, 7) is 8.10. The predicted molar refractivity (Wildman–Crippen MR) is 69.9 cm³/mol. The molecule has 2 heterocycles. The number of hydrogen-bond donors (Lipinski definition) is 1. The van der Waals surface area contributed by atoms with Gasteiger partial charge in [-0.25, -0.2) is 0 Å². The first-order valence-electron chi connectivity index (χ1n) is 6.82. The Morgan fingerprint density at radius 2 is 2.24 bits per heavy atom. The van der Waals surface area contributed by atoms with E-state index in [9.17, 15) is 0 Å². The summed E-state index contributed by atoms with van der Waals surface area (Å²) in [7, 11) is 0. The van der Waals surface area contributed by atoms with E-state index >= 15 is 0 Å². The largest absolute Gasteiger partial charge is 0.472 e. The Kier molecular flexibility index (Phi) is 5.08. The van der Waals surface area contributed by atoms with Gasteiger partial charge in [-0.2, -0.15) is 0 Å². The van der Waals surface area contributed by atoms with E-state index < -0.39 is 0 Å². The lowest BCUT2D eigenvalue weighted by atomic mass is 9.97. The normalized spacial score (nSPS) is 17.8. The van der Waals surface area contributed by atoms with Crippen molar-refractivity contribution in [2.24, 2.45) is 5.92 Å². The Hall–Kier alpha value is -0.800. The molecule has 1 aromatic heterocycles. The smallest absolute Gasteiger partial charge is 0.0947 e. The van der Waals surface area contributed by atoms with Crippen molar-refractivity contribution in [3.63, 3.8) is 0 Å². The average molecular weight is 236 g/mol. The maximum Gasteiger partial charge on any atom is 0.0947 e. The van der Waals surface area contributed by atoms with Gasteiger partial charge in [0.05, 0.1) is 12.5 Å². The fourth-order valence-corrected chi connectivity index (χ4v) is 2.62. The Morgan fingerprint density at radius 3 is 2.88 bits per heavy atom. The van der Waals surface area contributed by atoms with Crippen molar-refractivity contribution in [1.29, 1.82) is 0 Å². The highest BCUT2D eigenvalue weighted by Gasteiger charge is 2.16. The average Bonchev–Trinajstić information content (AvgIpc) is 2.83. The fourth-order valence-electron chi connectivity index (χ4n) is 2.62.